The van der Waals surface area contributed by atoms with Crippen molar-refractivity contribution in [3.05, 3.63) is 53.3 Å². The Labute approximate surface area is 194 Å². The number of ether oxygens (including phenoxy) is 1. The van der Waals surface area contributed by atoms with Crippen LogP contribution >= 0.6 is 11.8 Å². The van der Waals surface area contributed by atoms with Crippen molar-refractivity contribution in [3.63, 3.8) is 0 Å². The molecule has 1 aliphatic rings. The van der Waals surface area contributed by atoms with E-state index in [4.69, 9.17) is 4.74 Å². The lowest BCUT2D eigenvalue weighted by Gasteiger charge is -2.22. The van der Waals surface area contributed by atoms with E-state index in [0.717, 1.165) is 29.3 Å². The lowest BCUT2D eigenvalue weighted by Crippen LogP contribution is -2.37. The van der Waals surface area contributed by atoms with Gasteiger partial charge < -0.3 is 10.1 Å². The van der Waals surface area contributed by atoms with Crippen molar-refractivity contribution in [1.82, 2.24) is 10.3 Å². The summed E-state index contributed by atoms with van der Waals surface area (Å²) in [5.74, 6) is -5.59. The van der Waals surface area contributed by atoms with Gasteiger partial charge in [0.15, 0.2) is 6.10 Å². The van der Waals surface area contributed by atoms with Gasteiger partial charge in [0.1, 0.15) is 40.1 Å². The smallest absolute Gasteiger partial charge is 0.425 e. The molecule has 1 unspecified atom stereocenters. The molecule has 2 aromatic rings. The molecule has 0 aromatic heterocycles. The van der Waals surface area contributed by atoms with Crippen molar-refractivity contribution < 1.29 is 40.7 Å². The number of hydrazine groups is 1. The van der Waals surface area contributed by atoms with Crippen molar-refractivity contribution in [2.45, 2.75) is 24.7 Å². The van der Waals surface area contributed by atoms with Gasteiger partial charge in [0.2, 0.25) is 0 Å². The zero-order valence-corrected chi connectivity index (χ0v) is 18.7. The molecule has 34 heavy (non-hydrogen) atoms. The molecule has 1 heterocycles. The second-order valence-electron chi connectivity index (χ2n) is 7.10. The fraction of sp³-hybridized carbons (Fsp3) is 0.300. The molecule has 1 saturated heterocycles. The van der Waals surface area contributed by atoms with Gasteiger partial charge in [-0.2, -0.15) is 18.6 Å². The Bertz CT molecular complexity index is 1100. The standard InChI is InChI=1S/C20H18F6N4O3S/c1-9(20(24,25)26)33-15-8-14(30-19(32)29(2)18(28-30)34-3)13(23)7-10(15)17(31)27-16-11(21)5-4-6-12(16)22/h4-9,18,28H,1-3H3,(H,27,31)/t9-,18?/m0/s1. The van der Waals surface area contributed by atoms with Crippen LogP contribution in [0.4, 0.5) is 42.5 Å². The van der Waals surface area contributed by atoms with Crippen LogP contribution in [0.3, 0.4) is 0 Å². The third-order valence-electron chi connectivity index (χ3n) is 4.81. The SMILES string of the molecule is CSC1NN(c2cc(O[C@@H](C)C(F)(F)F)c(C(=O)Nc3c(F)cccc3F)cc2F)C(=O)N1C. The number of urea groups is 1. The first-order valence-corrected chi connectivity index (χ1v) is 10.8. The minimum atomic E-state index is -4.86. The molecule has 2 aromatic carbocycles. The zero-order valence-electron chi connectivity index (χ0n) is 17.8. The van der Waals surface area contributed by atoms with E-state index in [0.29, 0.717) is 13.0 Å². The predicted octanol–water partition coefficient (Wildman–Crippen LogP) is 4.71. The van der Waals surface area contributed by atoms with Gasteiger partial charge >= 0.3 is 12.2 Å². The number of nitrogens with zero attached hydrogens (tertiary/aromatic N) is 2. The summed E-state index contributed by atoms with van der Waals surface area (Å²) in [6.45, 7) is 0.651. The maximum Gasteiger partial charge on any atom is 0.425 e. The van der Waals surface area contributed by atoms with Crippen LogP contribution in [-0.4, -0.2) is 47.9 Å². The topological polar surface area (TPSA) is 73.9 Å². The second kappa shape index (κ2) is 9.62. The summed E-state index contributed by atoms with van der Waals surface area (Å²) in [5.41, 5.74) is -0.113. The number of para-hydroxylation sites is 1. The second-order valence-corrected chi connectivity index (χ2v) is 8.02. The molecule has 2 N–H and O–H groups in total. The fourth-order valence-electron chi connectivity index (χ4n) is 2.94. The highest BCUT2D eigenvalue weighted by Crippen LogP contribution is 2.35. The molecule has 14 heteroatoms. The molecule has 0 radical (unpaired) electrons. The quantitative estimate of drug-likeness (QED) is 0.553. The van der Waals surface area contributed by atoms with Gasteiger partial charge in [-0.15, -0.1) is 11.8 Å². The molecule has 1 fully saturated rings. The number of rotatable bonds is 6. The highest BCUT2D eigenvalue weighted by atomic mass is 32.2. The number of alkyl halides is 3. The normalized spacial score (nSPS) is 17.2. The summed E-state index contributed by atoms with van der Waals surface area (Å²) in [6, 6.07) is 3.24. The third-order valence-corrected chi connectivity index (χ3v) is 5.68. The Morgan fingerprint density at radius 2 is 1.79 bits per heavy atom. The van der Waals surface area contributed by atoms with Crippen LogP contribution in [0.25, 0.3) is 0 Å². The number of benzene rings is 2. The molecule has 0 saturated carbocycles. The number of amides is 3. The Kier molecular flexibility index (Phi) is 7.21. The summed E-state index contributed by atoms with van der Waals surface area (Å²) >= 11 is 1.19. The first-order valence-electron chi connectivity index (χ1n) is 9.53. The number of carbonyl (C=O) groups excluding carboxylic acids is 2. The average Bonchev–Trinajstić information content (AvgIpc) is 3.04. The number of anilines is 2. The van der Waals surface area contributed by atoms with Crippen molar-refractivity contribution in [3.8, 4) is 5.75 Å². The number of hydrogen-bond donors (Lipinski definition) is 2. The van der Waals surface area contributed by atoms with E-state index in [9.17, 15) is 35.9 Å². The van der Waals surface area contributed by atoms with E-state index < -0.39 is 69.9 Å². The van der Waals surface area contributed by atoms with Crippen molar-refractivity contribution in [2.24, 2.45) is 0 Å². The van der Waals surface area contributed by atoms with Crippen molar-refractivity contribution in [1.29, 1.82) is 0 Å². The van der Waals surface area contributed by atoms with Gasteiger partial charge in [-0.25, -0.2) is 23.0 Å². The van der Waals surface area contributed by atoms with E-state index in [2.05, 4.69) is 5.43 Å². The Hall–Kier alpha value is -3.13. The largest absolute Gasteiger partial charge is 0.480 e. The number of thioether (sulfide) groups is 1. The molecule has 0 aliphatic carbocycles. The first kappa shape index (κ1) is 25.5. The van der Waals surface area contributed by atoms with Gasteiger partial charge in [-0.3, -0.25) is 9.69 Å². The van der Waals surface area contributed by atoms with E-state index in [-0.39, 0.29) is 0 Å². The molecule has 3 rings (SSSR count). The van der Waals surface area contributed by atoms with Crippen molar-refractivity contribution >= 4 is 35.1 Å². The van der Waals surface area contributed by atoms with Crippen LogP contribution in [0.1, 0.15) is 17.3 Å². The lowest BCUT2D eigenvalue weighted by atomic mass is 10.1. The van der Waals surface area contributed by atoms with Gasteiger partial charge in [0.05, 0.1) is 5.56 Å². The van der Waals surface area contributed by atoms with Crippen LogP contribution in [0.15, 0.2) is 30.3 Å². The maximum atomic E-state index is 15.0. The molecule has 1 aliphatic heterocycles. The molecule has 0 bridgehead atoms. The minimum absolute atomic E-state index is 0.517. The molecular formula is C20H18F6N4O3S. The summed E-state index contributed by atoms with van der Waals surface area (Å²) in [4.78, 5) is 26.4. The zero-order chi connectivity index (χ0) is 25.4. The van der Waals surface area contributed by atoms with Crippen LogP contribution < -0.4 is 20.5 Å². The first-order chi connectivity index (χ1) is 15.8. The average molecular weight is 508 g/mol. The number of hydrogen-bond acceptors (Lipinski definition) is 5. The van der Waals surface area contributed by atoms with Crippen LogP contribution in [0.5, 0.6) is 5.75 Å². The molecule has 0 spiro atoms. The highest BCUT2D eigenvalue weighted by molar-refractivity contribution is 7.99. The van der Waals surface area contributed by atoms with Crippen molar-refractivity contribution in [2.75, 3.05) is 23.6 Å². The molecular weight excluding hydrogens is 490 g/mol. The van der Waals surface area contributed by atoms with Gasteiger partial charge in [0.25, 0.3) is 5.91 Å². The third kappa shape index (κ3) is 5.01. The number of carbonyl (C=O) groups is 2. The van der Waals surface area contributed by atoms with E-state index >= 15 is 0 Å². The van der Waals surface area contributed by atoms with Gasteiger partial charge in [-0.1, -0.05) is 6.07 Å². The maximum absolute atomic E-state index is 15.0. The van der Waals surface area contributed by atoms with E-state index in [1.807, 2.05) is 5.32 Å². The highest BCUT2D eigenvalue weighted by Gasteiger charge is 2.40. The van der Waals surface area contributed by atoms with E-state index in [1.54, 1.807) is 6.26 Å². The lowest BCUT2D eigenvalue weighted by molar-refractivity contribution is -0.189. The van der Waals surface area contributed by atoms with Crippen LogP contribution in [0.2, 0.25) is 0 Å². The Balaban J connectivity index is 2.06. The monoisotopic (exact) mass is 508 g/mol. The summed E-state index contributed by atoms with van der Waals surface area (Å²) in [7, 11) is 1.42. The van der Waals surface area contributed by atoms with Gasteiger partial charge in [-0.05, 0) is 31.4 Å². The summed E-state index contributed by atoms with van der Waals surface area (Å²) in [6.07, 6.45) is -5.63. The predicted molar refractivity (Wildman–Crippen MR) is 113 cm³/mol. The Morgan fingerprint density at radius 1 is 1.18 bits per heavy atom. The Morgan fingerprint density at radius 3 is 2.32 bits per heavy atom. The van der Waals surface area contributed by atoms with Gasteiger partial charge in [0, 0.05) is 13.1 Å². The molecule has 2 atom stereocenters. The van der Waals surface area contributed by atoms with Crippen LogP contribution in [0, 0.1) is 17.5 Å². The van der Waals surface area contributed by atoms with E-state index in [1.165, 1.54) is 23.7 Å². The molecule has 3 amide bonds. The van der Waals surface area contributed by atoms with Crippen LogP contribution in [-0.2, 0) is 0 Å². The summed E-state index contributed by atoms with van der Waals surface area (Å²) < 4.78 is 87.1. The number of nitrogens with one attached hydrogen (secondary N) is 2. The molecule has 184 valence electrons. The molecule has 7 nitrogen and oxygen atoms in total. The summed E-state index contributed by atoms with van der Waals surface area (Å²) in [5, 5.41) is 2.62. The fourth-order valence-corrected chi connectivity index (χ4v) is 3.56. The minimum Gasteiger partial charge on any atom is -0.480 e. The number of halogens is 6.